The van der Waals surface area contributed by atoms with Crippen LogP contribution in [0.2, 0.25) is 0 Å². The predicted octanol–water partition coefficient (Wildman–Crippen LogP) is 1.47. The molecule has 2 heterocycles. The van der Waals surface area contributed by atoms with Crippen molar-refractivity contribution in [2.45, 2.75) is 25.4 Å². The van der Waals surface area contributed by atoms with Crippen molar-refractivity contribution in [1.29, 1.82) is 0 Å². The standard InChI is InChI=1S/C15H23N3/c1-17-7-3-4-13-8-12(5-6-15(13)17)11-18(2)14-9-16-10-14/h5-6,8,14,16H,3-4,7,9-11H2,1-2H3. The van der Waals surface area contributed by atoms with Gasteiger partial charge in [-0.1, -0.05) is 12.1 Å². The van der Waals surface area contributed by atoms with Gasteiger partial charge in [-0.05, 0) is 37.1 Å². The Kier molecular flexibility index (Phi) is 3.27. The Hall–Kier alpha value is -1.06. The minimum Gasteiger partial charge on any atom is -0.374 e. The molecular weight excluding hydrogens is 222 g/mol. The van der Waals surface area contributed by atoms with Gasteiger partial charge in [-0.15, -0.1) is 0 Å². The molecule has 98 valence electrons. The summed E-state index contributed by atoms with van der Waals surface area (Å²) in [6.07, 6.45) is 2.53. The summed E-state index contributed by atoms with van der Waals surface area (Å²) in [6.45, 7) is 4.55. The van der Waals surface area contributed by atoms with Crippen molar-refractivity contribution in [3.05, 3.63) is 29.3 Å². The summed E-state index contributed by atoms with van der Waals surface area (Å²) in [5, 5.41) is 3.34. The van der Waals surface area contributed by atoms with E-state index in [1.165, 1.54) is 36.2 Å². The van der Waals surface area contributed by atoms with Crippen LogP contribution in [-0.2, 0) is 13.0 Å². The predicted molar refractivity (Wildman–Crippen MR) is 76.2 cm³/mol. The van der Waals surface area contributed by atoms with E-state index in [1.54, 1.807) is 0 Å². The molecule has 3 heteroatoms. The van der Waals surface area contributed by atoms with Gasteiger partial charge in [-0.2, -0.15) is 0 Å². The Labute approximate surface area is 110 Å². The second-order valence-electron chi connectivity index (χ2n) is 5.72. The van der Waals surface area contributed by atoms with Crippen molar-refractivity contribution < 1.29 is 0 Å². The van der Waals surface area contributed by atoms with Gasteiger partial charge >= 0.3 is 0 Å². The van der Waals surface area contributed by atoms with Crippen LogP contribution >= 0.6 is 0 Å². The lowest BCUT2D eigenvalue weighted by atomic mass is 9.99. The molecule has 0 amide bonds. The van der Waals surface area contributed by atoms with Gasteiger partial charge in [0.2, 0.25) is 0 Å². The molecule has 0 atom stereocenters. The molecule has 0 saturated carbocycles. The second-order valence-corrected chi connectivity index (χ2v) is 5.72. The first-order valence-electron chi connectivity index (χ1n) is 6.98. The van der Waals surface area contributed by atoms with Crippen molar-refractivity contribution in [3.8, 4) is 0 Å². The summed E-state index contributed by atoms with van der Waals surface area (Å²) in [4.78, 5) is 4.84. The van der Waals surface area contributed by atoms with Crippen LogP contribution in [-0.4, -0.2) is 44.7 Å². The van der Waals surface area contributed by atoms with Crippen LogP contribution in [0.4, 0.5) is 5.69 Å². The molecule has 1 N–H and O–H groups in total. The largest absolute Gasteiger partial charge is 0.374 e. The zero-order valence-corrected chi connectivity index (χ0v) is 11.4. The van der Waals surface area contributed by atoms with Crippen LogP contribution in [0.5, 0.6) is 0 Å². The third-order valence-electron chi connectivity index (χ3n) is 4.31. The van der Waals surface area contributed by atoms with Crippen LogP contribution in [0.25, 0.3) is 0 Å². The third kappa shape index (κ3) is 2.25. The molecule has 0 aromatic heterocycles. The third-order valence-corrected chi connectivity index (χ3v) is 4.31. The lowest BCUT2D eigenvalue weighted by Gasteiger charge is -2.36. The Morgan fingerprint density at radius 1 is 1.39 bits per heavy atom. The molecule has 0 unspecified atom stereocenters. The maximum Gasteiger partial charge on any atom is 0.0396 e. The Balaban J connectivity index is 1.73. The van der Waals surface area contributed by atoms with Gasteiger partial charge in [-0.25, -0.2) is 0 Å². The van der Waals surface area contributed by atoms with Crippen LogP contribution in [0.1, 0.15) is 17.5 Å². The molecule has 0 spiro atoms. The van der Waals surface area contributed by atoms with Crippen LogP contribution in [0, 0.1) is 0 Å². The molecule has 3 rings (SSSR count). The van der Waals surface area contributed by atoms with E-state index in [9.17, 15) is 0 Å². The smallest absolute Gasteiger partial charge is 0.0396 e. The highest BCUT2D eigenvalue weighted by Crippen LogP contribution is 2.27. The van der Waals surface area contributed by atoms with E-state index >= 15 is 0 Å². The fraction of sp³-hybridized carbons (Fsp3) is 0.600. The molecule has 0 radical (unpaired) electrons. The number of nitrogens with one attached hydrogen (secondary N) is 1. The number of hydrogen-bond acceptors (Lipinski definition) is 3. The number of nitrogens with zero attached hydrogens (tertiary/aromatic N) is 2. The van der Waals surface area contributed by atoms with E-state index in [0.29, 0.717) is 0 Å². The number of benzene rings is 1. The monoisotopic (exact) mass is 245 g/mol. The van der Waals surface area contributed by atoms with Gasteiger partial charge in [0, 0.05) is 45.0 Å². The molecule has 3 nitrogen and oxygen atoms in total. The molecule has 18 heavy (non-hydrogen) atoms. The van der Waals surface area contributed by atoms with E-state index in [-0.39, 0.29) is 0 Å². The molecule has 1 aromatic carbocycles. The first-order chi connectivity index (χ1) is 8.74. The highest BCUT2D eigenvalue weighted by atomic mass is 15.2. The molecule has 2 aliphatic heterocycles. The summed E-state index contributed by atoms with van der Waals surface area (Å²) in [5.74, 6) is 0. The number of rotatable bonds is 3. The summed E-state index contributed by atoms with van der Waals surface area (Å²) >= 11 is 0. The second kappa shape index (κ2) is 4.90. The molecule has 1 saturated heterocycles. The highest BCUT2D eigenvalue weighted by molar-refractivity contribution is 5.56. The van der Waals surface area contributed by atoms with Gasteiger partial charge in [-0.3, -0.25) is 4.90 Å². The van der Waals surface area contributed by atoms with Gasteiger partial charge in [0.25, 0.3) is 0 Å². The summed E-state index contributed by atoms with van der Waals surface area (Å²) < 4.78 is 0. The Bertz CT molecular complexity index is 426. The van der Waals surface area contributed by atoms with Gasteiger partial charge in [0.15, 0.2) is 0 Å². The molecule has 1 fully saturated rings. The molecule has 2 aliphatic rings. The first kappa shape index (κ1) is 12.0. The highest BCUT2D eigenvalue weighted by Gasteiger charge is 2.21. The van der Waals surface area contributed by atoms with Crippen molar-refractivity contribution in [3.63, 3.8) is 0 Å². The maximum absolute atomic E-state index is 3.34. The quantitative estimate of drug-likeness (QED) is 0.870. The minimum atomic E-state index is 0.726. The van der Waals surface area contributed by atoms with Crippen molar-refractivity contribution in [2.75, 3.05) is 38.6 Å². The summed E-state index contributed by atoms with van der Waals surface area (Å²) in [5.41, 5.74) is 4.41. The lowest BCUT2D eigenvalue weighted by molar-refractivity contribution is 0.173. The number of hydrogen-bond donors (Lipinski definition) is 1. The average Bonchev–Trinajstić information content (AvgIpc) is 2.26. The van der Waals surface area contributed by atoms with Crippen molar-refractivity contribution in [2.24, 2.45) is 0 Å². The zero-order chi connectivity index (χ0) is 12.5. The Morgan fingerprint density at radius 2 is 2.22 bits per heavy atom. The average molecular weight is 245 g/mol. The van der Waals surface area contributed by atoms with Crippen LogP contribution in [0.15, 0.2) is 18.2 Å². The molecular formula is C15H23N3. The van der Waals surface area contributed by atoms with Gasteiger partial charge < -0.3 is 10.2 Å². The molecule has 0 aliphatic carbocycles. The van der Waals surface area contributed by atoms with E-state index in [1.807, 2.05) is 0 Å². The normalized spacial score (nSPS) is 19.8. The summed E-state index contributed by atoms with van der Waals surface area (Å²) in [7, 11) is 4.43. The first-order valence-corrected chi connectivity index (χ1v) is 6.98. The molecule has 0 bridgehead atoms. The number of anilines is 1. The maximum atomic E-state index is 3.34. The Morgan fingerprint density at radius 3 is 2.94 bits per heavy atom. The zero-order valence-electron chi connectivity index (χ0n) is 11.4. The number of likely N-dealkylation sites (N-methyl/N-ethyl adjacent to an activating group) is 1. The van der Waals surface area contributed by atoms with Gasteiger partial charge in [0.05, 0.1) is 0 Å². The number of fused-ring (bicyclic) bond motifs is 1. The van der Waals surface area contributed by atoms with Crippen molar-refractivity contribution >= 4 is 5.69 Å². The topological polar surface area (TPSA) is 18.5 Å². The fourth-order valence-electron chi connectivity index (χ4n) is 2.94. The SMILES string of the molecule is CN1CCCc2cc(CN(C)C3CNC3)ccc21. The van der Waals surface area contributed by atoms with Crippen LogP contribution < -0.4 is 10.2 Å². The van der Waals surface area contributed by atoms with Crippen molar-refractivity contribution in [1.82, 2.24) is 10.2 Å². The lowest BCUT2D eigenvalue weighted by Crippen LogP contribution is -2.55. The van der Waals surface area contributed by atoms with Crippen LogP contribution in [0.3, 0.4) is 0 Å². The van der Waals surface area contributed by atoms with E-state index in [2.05, 4.69) is 47.4 Å². The van der Waals surface area contributed by atoms with E-state index in [0.717, 1.165) is 25.7 Å². The fourth-order valence-corrected chi connectivity index (χ4v) is 2.94. The van der Waals surface area contributed by atoms with E-state index in [4.69, 9.17) is 0 Å². The molecule has 1 aromatic rings. The minimum absolute atomic E-state index is 0.726. The number of aryl methyl sites for hydroxylation is 1. The summed E-state index contributed by atoms with van der Waals surface area (Å²) in [6, 6.07) is 7.73. The van der Waals surface area contributed by atoms with E-state index < -0.39 is 0 Å². The van der Waals surface area contributed by atoms with Gasteiger partial charge in [0.1, 0.15) is 0 Å².